The van der Waals surface area contributed by atoms with Gasteiger partial charge in [0.05, 0.1) is 5.56 Å². The largest absolute Gasteiger partial charge is 0.417 e. The van der Waals surface area contributed by atoms with Gasteiger partial charge in [-0.05, 0) is 42.0 Å². The molecule has 0 atom stereocenters. The van der Waals surface area contributed by atoms with Crippen LogP contribution in [0.4, 0.5) is 19.0 Å². The molecule has 0 aliphatic heterocycles. The normalized spacial score (nSPS) is 12.2. The number of hydrogen-bond donors (Lipinski definition) is 2. The summed E-state index contributed by atoms with van der Waals surface area (Å²) >= 11 is 0. The Morgan fingerprint density at radius 2 is 1.84 bits per heavy atom. The minimum absolute atomic E-state index is 0.0115. The SMILES string of the molecule is CN=CC=C(N)c1cc(C(=O)Nc2ncccc2-c2ccccc2)ccc1C(F)(F)F. The van der Waals surface area contributed by atoms with Crippen molar-refractivity contribution in [2.75, 3.05) is 12.4 Å². The highest BCUT2D eigenvalue weighted by molar-refractivity contribution is 6.06. The summed E-state index contributed by atoms with van der Waals surface area (Å²) in [6.07, 6.45) is -0.584. The van der Waals surface area contributed by atoms with Gasteiger partial charge in [0.2, 0.25) is 0 Å². The van der Waals surface area contributed by atoms with E-state index in [2.05, 4.69) is 15.3 Å². The van der Waals surface area contributed by atoms with E-state index < -0.39 is 17.6 Å². The molecule has 3 N–H and O–H groups in total. The first-order valence-electron chi connectivity index (χ1n) is 9.22. The van der Waals surface area contributed by atoms with Crippen LogP contribution in [-0.2, 0) is 6.18 Å². The van der Waals surface area contributed by atoms with Crippen molar-refractivity contribution < 1.29 is 18.0 Å². The first kappa shape index (κ1) is 21.8. The number of pyridine rings is 1. The van der Waals surface area contributed by atoms with Crippen LogP contribution in [-0.4, -0.2) is 24.2 Å². The fourth-order valence-electron chi connectivity index (χ4n) is 2.95. The van der Waals surface area contributed by atoms with Crippen LogP contribution >= 0.6 is 0 Å². The highest BCUT2D eigenvalue weighted by Gasteiger charge is 2.34. The molecule has 0 saturated carbocycles. The van der Waals surface area contributed by atoms with Gasteiger partial charge < -0.3 is 11.1 Å². The third-order valence-electron chi connectivity index (χ3n) is 4.43. The minimum Gasteiger partial charge on any atom is -0.398 e. The van der Waals surface area contributed by atoms with Crippen LogP contribution in [0.2, 0.25) is 0 Å². The second kappa shape index (κ2) is 9.25. The summed E-state index contributed by atoms with van der Waals surface area (Å²) in [4.78, 5) is 20.7. The van der Waals surface area contributed by atoms with E-state index in [-0.39, 0.29) is 16.8 Å². The van der Waals surface area contributed by atoms with Crippen LogP contribution in [0.25, 0.3) is 16.8 Å². The molecule has 0 aliphatic rings. The summed E-state index contributed by atoms with van der Waals surface area (Å²) in [5.74, 6) is -0.315. The lowest BCUT2D eigenvalue weighted by Gasteiger charge is -2.15. The molecule has 158 valence electrons. The van der Waals surface area contributed by atoms with Crippen molar-refractivity contribution in [3.05, 3.63) is 89.6 Å². The zero-order valence-electron chi connectivity index (χ0n) is 16.5. The Morgan fingerprint density at radius 3 is 2.52 bits per heavy atom. The Morgan fingerprint density at radius 1 is 1.10 bits per heavy atom. The van der Waals surface area contributed by atoms with Crippen LogP contribution in [0.3, 0.4) is 0 Å². The van der Waals surface area contributed by atoms with Crippen molar-refractivity contribution in [1.29, 1.82) is 0 Å². The molecule has 5 nitrogen and oxygen atoms in total. The maximum absolute atomic E-state index is 13.4. The third-order valence-corrected chi connectivity index (χ3v) is 4.43. The predicted octanol–water partition coefficient (Wildman–Crippen LogP) is 5.02. The molecule has 1 heterocycles. The molecular formula is C23H19F3N4O. The van der Waals surface area contributed by atoms with Gasteiger partial charge in [0, 0.05) is 41.8 Å². The number of hydrogen-bond acceptors (Lipinski definition) is 4. The molecule has 0 bridgehead atoms. The predicted molar refractivity (Wildman–Crippen MR) is 116 cm³/mol. The maximum atomic E-state index is 13.4. The highest BCUT2D eigenvalue weighted by Crippen LogP contribution is 2.34. The molecule has 0 spiro atoms. The van der Waals surface area contributed by atoms with Crippen molar-refractivity contribution in [3.8, 4) is 11.1 Å². The number of amides is 1. The van der Waals surface area contributed by atoms with E-state index in [0.717, 1.165) is 23.8 Å². The maximum Gasteiger partial charge on any atom is 0.417 e. The first-order chi connectivity index (χ1) is 14.8. The van der Waals surface area contributed by atoms with Crippen LogP contribution in [0, 0.1) is 0 Å². The molecule has 3 rings (SSSR count). The van der Waals surface area contributed by atoms with Gasteiger partial charge in [0.25, 0.3) is 5.91 Å². The number of aliphatic imine (C=N–C) groups is 1. The van der Waals surface area contributed by atoms with Crippen LogP contribution < -0.4 is 11.1 Å². The summed E-state index contributed by atoms with van der Waals surface area (Å²) in [5, 5.41) is 2.67. The Balaban J connectivity index is 1.99. The molecule has 8 heteroatoms. The van der Waals surface area contributed by atoms with Crippen LogP contribution in [0.5, 0.6) is 0 Å². The topological polar surface area (TPSA) is 80.4 Å². The van der Waals surface area contributed by atoms with E-state index in [1.807, 2.05) is 30.3 Å². The smallest absolute Gasteiger partial charge is 0.398 e. The number of nitrogens with two attached hydrogens (primary N) is 1. The number of carbonyl (C=O) groups is 1. The van der Waals surface area contributed by atoms with Gasteiger partial charge in [0.15, 0.2) is 0 Å². The molecule has 0 fully saturated rings. The van der Waals surface area contributed by atoms with Gasteiger partial charge in [-0.1, -0.05) is 30.3 Å². The molecule has 1 amide bonds. The lowest BCUT2D eigenvalue weighted by Crippen LogP contribution is -2.17. The molecule has 31 heavy (non-hydrogen) atoms. The van der Waals surface area contributed by atoms with Crippen molar-refractivity contribution in [2.45, 2.75) is 6.18 Å². The third kappa shape index (κ3) is 5.16. The average Bonchev–Trinajstić information content (AvgIpc) is 2.77. The number of alkyl halides is 3. The van der Waals surface area contributed by atoms with Gasteiger partial charge in [-0.3, -0.25) is 9.79 Å². The number of aromatic nitrogens is 1. The van der Waals surface area contributed by atoms with E-state index in [9.17, 15) is 18.0 Å². The molecule has 1 aromatic heterocycles. The lowest BCUT2D eigenvalue weighted by molar-refractivity contribution is -0.137. The zero-order chi connectivity index (χ0) is 22.4. The van der Waals surface area contributed by atoms with Crippen molar-refractivity contribution in [2.24, 2.45) is 10.7 Å². The average molecular weight is 424 g/mol. The van der Waals surface area contributed by atoms with E-state index >= 15 is 0 Å². The number of carbonyl (C=O) groups excluding carboxylic acids is 1. The van der Waals surface area contributed by atoms with Gasteiger partial charge in [0.1, 0.15) is 5.82 Å². The molecule has 3 aromatic rings. The zero-order valence-corrected chi connectivity index (χ0v) is 16.5. The molecule has 0 unspecified atom stereocenters. The number of anilines is 1. The summed E-state index contributed by atoms with van der Waals surface area (Å²) in [6, 6.07) is 15.9. The second-order valence-electron chi connectivity index (χ2n) is 6.51. The summed E-state index contributed by atoms with van der Waals surface area (Å²) < 4.78 is 40.3. The quantitative estimate of drug-likeness (QED) is 0.565. The monoisotopic (exact) mass is 424 g/mol. The van der Waals surface area contributed by atoms with Crippen LogP contribution in [0.1, 0.15) is 21.5 Å². The molecule has 0 saturated heterocycles. The Kier molecular flexibility index (Phi) is 6.49. The van der Waals surface area contributed by atoms with E-state index in [4.69, 9.17) is 5.73 Å². The Hall–Kier alpha value is -3.94. The molecule has 2 aromatic carbocycles. The van der Waals surface area contributed by atoms with Crippen LogP contribution in [0.15, 0.2) is 77.9 Å². The fraction of sp³-hybridized carbons (Fsp3) is 0.0870. The summed E-state index contributed by atoms with van der Waals surface area (Å²) in [6.45, 7) is 0. The molecule has 0 aliphatic carbocycles. The standard InChI is InChI=1S/C23H19F3N4O/c1-28-13-11-20(27)18-14-16(9-10-19(18)23(24,25)26)22(31)30-21-17(8-5-12-29-21)15-6-3-2-4-7-15/h2-14H,27H2,1H3,(H,29,30,31). The Bertz CT molecular complexity index is 1140. The summed E-state index contributed by atoms with van der Waals surface area (Å²) in [5.41, 5.74) is 5.96. The van der Waals surface area contributed by atoms with Crippen molar-refractivity contribution in [1.82, 2.24) is 4.98 Å². The number of rotatable bonds is 5. The lowest BCUT2D eigenvalue weighted by atomic mass is 10.00. The second-order valence-corrected chi connectivity index (χ2v) is 6.51. The van der Waals surface area contributed by atoms with E-state index in [1.165, 1.54) is 25.5 Å². The molecule has 0 radical (unpaired) electrons. The number of nitrogens with zero attached hydrogens (tertiary/aromatic N) is 2. The Labute approximate surface area is 177 Å². The van der Waals surface area contributed by atoms with Gasteiger partial charge in [-0.25, -0.2) is 4.98 Å². The van der Waals surface area contributed by atoms with Gasteiger partial charge in [-0.2, -0.15) is 13.2 Å². The first-order valence-corrected chi connectivity index (χ1v) is 9.22. The van der Waals surface area contributed by atoms with Crippen molar-refractivity contribution >= 4 is 23.6 Å². The minimum atomic E-state index is -4.63. The fourth-order valence-corrected chi connectivity index (χ4v) is 2.95. The number of benzene rings is 2. The van der Waals surface area contributed by atoms with Gasteiger partial charge in [-0.15, -0.1) is 0 Å². The van der Waals surface area contributed by atoms with E-state index in [0.29, 0.717) is 11.4 Å². The van der Waals surface area contributed by atoms with Gasteiger partial charge >= 0.3 is 6.18 Å². The summed E-state index contributed by atoms with van der Waals surface area (Å²) in [7, 11) is 1.47. The van der Waals surface area contributed by atoms with Crippen molar-refractivity contribution in [3.63, 3.8) is 0 Å². The number of nitrogens with one attached hydrogen (secondary N) is 1. The number of halogens is 3. The highest BCUT2D eigenvalue weighted by atomic mass is 19.4. The number of allylic oxidation sites excluding steroid dienone is 1. The molecular weight excluding hydrogens is 405 g/mol. The van der Waals surface area contributed by atoms with E-state index in [1.54, 1.807) is 12.1 Å².